The SMILES string of the molecule is CCc1nc(CN2CCN(C(=O)c3cccc(S(=O)(=O)NCc4ccccc4)c3)CC2)cs1. The minimum absolute atomic E-state index is 0.0955. The Balaban J connectivity index is 1.35. The highest BCUT2D eigenvalue weighted by Gasteiger charge is 2.24. The summed E-state index contributed by atoms with van der Waals surface area (Å²) in [4.78, 5) is 21.9. The van der Waals surface area contributed by atoms with Crippen molar-refractivity contribution in [1.29, 1.82) is 0 Å². The second kappa shape index (κ2) is 10.6. The van der Waals surface area contributed by atoms with E-state index >= 15 is 0 Å². The summed E-state index contributed by atoms with van der Waals surface area (Å²) in [5.74, 6) is -0.142. The van der Waals surface area contributed by atoms with E-state index in [1.54, 1.807) is 28.4 Å². The first-order valence-electron chi connectivity index (χ1n) is 11.0. The smallest absolute Gasteiger partial charge is 0.253 e. The van der Waals surface area contributed by atoms with Gasteiger partial charge in [-0.15, -0.1) is 11.3 Å². The van der Waals surface area contributed by atoms with Gasteiger partial charge in [-0.3, -0.25) is 9.69 Å². The van der Waals surface area contributed by atoms with Crippen LogP contribution in [0.15, 0.2) is 64.9 Å². The van der Waals surface area contributed by atoms with Crippen molar-refractivity contribution in [3.63, 3.8) is 0 Å². The van der Waals surface area contributed by atoms with E-state index in [0.29, 0.717) is 18.7 Å². The van der Waals surface area contributed by atoms with E-state index in [0.717, 1.165) is 42.3 Å². The number of amides is 1. The van der Waals surface area contributed by atoms with Crippen LogP contribution in [0.4, 0.5) is 0 Å². The van der Waals surface area contributed by atoms with Gasteiger partial charge in [0, 0.05) is 50.2 Å². The van der Waals surface area contributed by atoms with E-state index < -0.39 is 10.0 Å². The van der Waals surface area contributed by atoms with Crippen molar-refractivity contribution in [3.05, 3.63) is 81.8 Å². The lowest BCUT2D eigenvalue weighted by Gasteiger charge is -2.34. The van der Waals surface area contributed by atoms with Crippen molar-refractivity contribution in [3.8, 4) is 0 Å². The fourth-order valence-electron chi connectivity index (χ4n) is 3.76. The first-order chi connectivity index (χ1) is 15.9. The Labute approximate surface area is 199 Å². The summed E-state index contributed by atoms with van der Waals surface area (Å²) in [6.45, 7) is 5.83. The summed E-state index contributed by atoms with van der Waals surface area (Å²) in [6.07, 6.45) is 0.948. The molecule has 2 heterocycles. The fraction of sp³-hybridized carbons (Fsp3) is 0.333. The molecule has 1 aliphatic heterocycles. The molecule has 33 heavy (non-hydrogen) atoms. The van der Waals surface area contributed by atoms with Crippen LogP contribution in [-0.4, -0.2) is 55.3 Å². The number of thiazole rings is 1. The van der Waals surface area contributed by atoms with Gasteiger partial charge in [0.1, 0.15) is 0 Å². The summed E-state index contributed by atoms with van der Waals surface area (Å²) >= 11 is 1.69. The highest BCUT2D eigenvalue weighted by Crippen LogP contribution is 2.17. The largest absolute Gasteiger partial charge is 0.336 e. The first kappa shape index (κ1) is 23.6. The number of carbonyl (C=O) groups is 1. The third-order valence-electron chi connectivity index (χ3n) is 5.65. The molecule has 4 rings (SSSR count). The predicted molar refractivity (Wildman–Crippen MR) is 130 cm³/mol. The number of hydrogen-bond acceptors (Lipinski definition) is 6. The Kier molecular flexibility index (Phi) is 7.54. The zero-order chi connectivity index (χ0) is 23.3. The lowest BCUT2D eigenvalue weighted by atomic mass is 10.2. The van der Waals surface area contributed by atoms with Gasteiger partial charge in [-0.25, -0.2) is 18.1 Å². The lowest BCUT2D eigenvalue weighted by Crippen LogP contribution is -2.48. The number of carbonyl (C=O) groups excluding carboxylic acids is 1. The molecular formula is C24H28N4O3S2. The molecule has 0 atom stereocenters. The molecule has 0 spiro atoms. The van der Waals surface area contributed by atoms with Crippen LogP contribution in [0.3, 0.4) is 0 Å². The van der Waals surface area contributed by atoms with Gasteiger partial charge in [0.25, 0.3) is 5.91 Å². The van der Waals surface area contributed by atoms with Gasteiger partial charge in [-0.05, 0) is 30.2 Å². The van der Waals surface area contributed by atoms with Crippen LogP contribution >= 0.6 is 11.3 Å². The van der Waals surface area contributed by atoms with Crippen molar-refractivity contribution in [2.24, 2.45) is 0 Å². The highest BCUT2D eigenvalue weighted by atomic mass is 32.2. The van der Waals surface area contributed by atoms with Gasteiger partial charge < -0.3 is 4.90 Å². The average Bonchev–Trinajstić information content (AvgIpc) is 3.31. The van der Waals surface area contributed by atoms with Crippen LogP contribution in [0.5, 0.6) is 0 Å². The third kappa shape index (κ3) is 6.05. The van der Waals surface area contributed by atoms with E-state index in [1.165, 1.54) is 12.1 Å². The number of rotatable bonds is 8. The molecule has 0 radical (unpaired) electrons. The average molecular weight is 485 g/mol. The molecule has 7 nitrogen and oxygen atoms in total. The Morgan fingerprint density at radius 1 is 1.06 bits per heavy atom. The number of piperazine rings is 1. The normalized spacial score (nSPS) is 15.0. The summed E-state index contributed by atoms with van der Waals surface area (Å²) in [7, 11) is -3.72. The van der Waals surface area contributed by atoms with Crippen LogP contribution in [0.2, 0.25) is 0 Å². The number of aryl methyl sites for hydroxylation is 1. The van der Waals surface area contributed by atoms with Crippen molar-refractivity contribution in [1.82, 2.24) is 19.5 Å². The molecule has 174 valence electrons. The highest BCUT2D eigenvalue weighted by molar-refractivity contribution is 7.89. The Bertz CT molecular complexity index is 1190. The predicted octanol–water partition coefficient (Wildman–Crippen LogP) is 3.14. The van der Waals surface area contributed by atoms with Gasteiger partial charge in [0.15, 0.2) is 0 Å². The molecular weight excluding hydrogens is 456 g/mol. The molecule has 1 aliphatic rings. The molecule has 0 saturated carbocycles. The Morgan fingerprint density at radius 2 is 1.82 bits per heavy atom. The molecule has 1 fully saturated rings. The summed E-state index contributed by atoms with van der Waals surface area (Å²) in [5, 5.41) is 3.25. The van der Waals surface area contributed by atoms with Crippen molar-refractivity contribution in [2.75, 3.05) is 26.2 Å². The molecule has 2 aromatic carbocycles. The maximum absolute atomic E-state index is 13.0. The second-order valence-corrected chi connectivity index (χ2v) is 10.7. The molecule has 1 N–H and O–H groups in total. The van der Waals surface area contributed by atoms with E-state index in [2.05, 4.69) is 26.9 Å². The van der Waals surface area contributed by atoms with Crippen LogP contribution in [-0.2, 0) is 29.5 Å². The van der Waals surface area contributed by atoms with E-state index in [9.17, 15) is 13.2 Å². The zero-order valence-corrected chi connectivity index (χ0v) is 20.2. The summed E-state index contributed by atoms with van der Waals surface area (Å²) < 4.78 is 28.1. The van der Waals surface area contributed by atoms with Crippen molar-refractivity contribution in [2.45, 2.75) is 31.3 Å². The molecule has 3 aromatic rings. The van der Waals surface area contributed by atoms with E-state index in [4.69, 9.17) is 0 Å². The van der Waals surface area contributed by atoms with Gasteiger partial charge in [-0.2, -0.15) is 0 Å². The van der Waals surface area contributed by atoms with Crippen LogP contribution in [0.1, 0.15) is 33.5 Å². The monoisotopic (exact) mass is 484 g/mol. The number of hydrogen-bond donors (Lipinski definition) is 1. The van der Waals surface area contributed by atoms with Gasteiger partial charge in [0.2, 0.25) is 10.0 Å². The van der Waals surface area contributed by atoms with Crippen LogP contribution < -0.4 is 4.72 Å². The van der Waals surface area contributed by atoms with Crippen molar-refractivity contribution < 1.29 is 13.2 Å². The van der Waals surface area contributed by atoms with Gasteiger partial charge in [-0.1, -0.05) is 43.3 Å². The number of nitrogens with zero attached hydrogens (tertiary/aromatic N) is 3. The standard InChI is InChI=1S/C24H28N4O3S2/c1-2-23-26-21(18-32-23)17-27-11-13-28(14-12-27)24(29)20-9-6-10-22(15-20)33(30,31)25-16-19-7-4-3-5-8-19/h3-10,15,18,25H,2,11-14,16-17H2,1H3. The lowest BCUT2D eigenvalue weighted by molar-refractivity contribution is 0.0627. The second-order valence-electron chi connectivity index (χ2n) is 7.99. The topological polar surface area (TPSA) is 82.6 Å². The van der Waals surface area contributed by atoms with Crippen LogP contribution in [0.25, 0.3) is 0 Å². The molecule has 1 saturated heterocycles. The number of sulfonamides is 1. The van der Waals surface area contributed by atoms with E-state index in [-0.39, 0.29) is 17.3 Å². The molecule has 1 aromatic heterocycles. The summed E-state index contributed by atoms with van der Waals surface area (Å²) in [5.41, 5.74) is 2.34. The molecule has 1 amide bonds. The fourth-order valence-corrected chi connectivity index (χ4v) is 5.56. The quantitative estimate of drug-likeness (QED) is 0.531. The Morgan fingerprint density at radius 3 is 2.52 bits per heavy atom. The van der Waals surface area contributed by atoms with E-state index in [1.807, 2.05) is 30.3 Å². The number of nitrogens with one attached hydrogen (secondary N) is 1. The van der Waals surface area contributed by atoms with Crippen molar-refractivity contribution >= 4 is 27.3 Å². The Hall–Kier alpha value is -2.59. The first-order valence-corrected chi connectivity index (χ1v) is 13.4. The van der Waals surface area contributed by atoms with Gasteiger partial charge in [0.05, 0.1) is 15.6 Å². The minimum Gasteiger partial charge on any atom is -0.336 e. The minimum atomic E-state index is -3.72. The van der Waals surface area contributed by atoms with Gasteiger partial charge >= 0.3 is 0 Å². The zero-order valence-electron chi connectivity index (χ0n) is 18.6. The molecule has 0 bridgehead atoms. The summed E-state index contributed by atoms with van der Waals surface area (Å²) in [6, 6.07) is 15.6. The number of benzene rings is 2. The third-order valence-corrected chi connectivity index (χ3v) is 8.09. The maximum Gasteiger partial charge on any atom is 0.253 e. The number of aromatic nitrogens is 1. The molecule has 9 heteroatoms. The molecule has 0 unspecified atom stereocenters. The van der Waals surface area contributed by atoms with Crippen LogP contribution in [0, 0.1) is 0 Å². The maximum atomic E-state index is 13.0. The molecule has 0 aliphatic carbocycles.